The van der Waals surface area contributed by atoms with Gasteiger partial charge in [0.15, 0.2) is 49.6 Å². The quantitative estimate of drug-likeness (QED) is 0.0104. The molecule has 4 aliphatic rings. The number of nitrogens with zero attached hydrogens (tertiary/aromatic N) is 6. The van der Waals surface area contributed by atoms with Crippen molar-refractivity contribution in [2.45, 2.75) is 156 Å². The number of hydrogen-bond acceptors (Lipinski definition) is 35. The van der Waals surface area contributed by atoms with Gasteiger partial charge in [0, 0.05) is 9.82 Å². The van der Waals surface area contributed by atoms with Crippen molar-refractivity contribution >= 4 is 53.5 Å². The van der Waals surface area contributed by atoms with Gasteiger partial charge < -0.3 is 89.3 Å². The first-order valence-electron chi connectivity index (χ1n) is 32.0. The van der Waals surface area contributed by atoms with Crippen molar-refractivity contribution in [2.75, 3.05) is 34.0 Å². The van der Waals surface area contributed by atoms with E-state index in [1.807, 2.05) is 0 Å². The third-order valence-electron chi connectivity index (χ3n) is 16.3. The zero-order valence-electron chi connectivity index (χ0n) is 56.2. The number of carbonyl (C=O) groups is 2. The van der Waals surface area contributed by atoms with Gasteiger partial charge >= 0.3 is 11.9 Å². The molecule has 4 aliphatic heterocycles. The number of benzene rings is 5. The largest absolute Gasteiger partial charge is 0.726 e. The first kappa shape index (κ1) is 83.4. The Labute approximate surface area is 612 Å². The highest BCUT2D eigenvalue weighted by atomic mass is 32.3. The second-order valence-corrected chi connectivity index (χ2v) is 27.5. The molecule has 0 spiro atoms. The van der Waals surface area contributed by atoms with Crippen molar-refractivity contribution in [1.29, 1.82) is 0 Å². The topological polar surface area (TPSA) is 536 Å². The summed E-state index contributed by atoms with van der Waals surface area (Å²) in [5.41, 5.74) is 22.8. The van der Waals surface area contributed by atoms with Crippen molar-refractivity contribution in [2.24, 2.45) is 10.2 Å². The number of carbonyl (C=O) groups excluding carboxylic acids is 2. The molecule has 0 aromatic heterocycles. The van der Waals surface area contributed by atoms with E-state index in [2.05, 4.69) is 26.6 Å². The Morgan fingerprint density at radius 3 is 1.05 bits per heavy atom. The summed E-state index contributed by atoms with van der Waals surface area (Å²) in [5, 5.41) is 7.85. The lowest BCUT2D eigenvalue weighted by atomic mass is 9.94. The zero-order chi connectivity index (χ0) is 76.9. The summed E-state index contributed by atoms with van der Waals surface area (Å²) in [5.74, 6) is -2.81. The maximum atomic E-state index is 14.7. The third kappa shape index (κ3) is 24.4. The van der Waals surface area contributed by atoms with Gasteiger partial charge in [-0.25, -0.2) is 43.3 Å². The summed E-state index contributed by atoms with van der Waals surface area (Å²) in [6.45, 7) is -1.99. The van der Waals surface area contributed by atoms with E-state index < -0.39 is 216 Å². The highest BCUT2D eigenvalue weighted by molar-refractivity contribution is 7.81. The van der Waals surface area contributed by atoms with E-state index in [4.69, 9.17) is 87.8 Å². The fourth-order valence-corrected chi connectivity index (χ4v) is 13.3. The van der Waals surface area contributed by atoms with Crippen molar-refractivity contribution in [1.82, 2.24) is 0 Å². The second kappa shape index (κ2) is 39.1. The Morgan fingerprint density at radius 1 is 0.411 bits per heavy atom. The summed E-state index contributed by atoms with van der Waals surface area (Å²) in [6, 6.07) is 35.9. The maximum Gasteiger partial charge on any atom is 0.337 e. The molecule has 0 aliphatic carbocycles. The van der Waals surface area contributed by atoms with Crippen molar-refractivity contribution in [3.8, 4) is 0 Å². The van der Waals surface area contributed by atoms with E-state index in [0.29, 0.717) is 22.3 Å². The Hall–Kier alpha value is -7.64. The number of hydrogen-bond donors (Lipinski definition) is 0. The van der Waals surface area contributed by atoms with Crippen molar-refractivity contribution in [3.05, 3.63) is 213 Å². The van der Waals surface area contributed by atoms with Gasteiger partial charge in [-0.2, -0.15) is 0 Å². The average Bonchev–Trinajstić information content (AvgIpc) is 0.755. The molecule has 20 atom stereocenters. The summed E-state index contributed by atoms with van der Waals surface area (Å²) in [4.78, 5) is 34.7. The van der Waals surface area contributed by atoms with Crippen LogP contribution < -0.4 is 0 Å². The van der Waals surface area contributed by atoms with Crippen LogP contribution in [0.2, 0.25) is 0 Å². The van der Waals surface area contributed by atoms with Gasteiger partial charge in [0.1, 0.15) is 73.1 Å². The van der Waals surface area contributed by atoms with E-state index in [1.54, 1.807) is 127 Å². The molecule has 4 saturated heterocycles. The Morgan fingerprint density at radius 2 is 0.720 bits per heavy atom. The highest BCUT2D eigenvalue weighted by Gasteiger charge is 2.61. The van der Waals surface area contributed by atoms with Crippen LogP contribution in [0.1, 0.15) is 27.8 Å². The van der Waals surface area contributed by atoms with E-state index in [9.17, 15) is 72.5 Å². The number of rotatable bonds is 38. The fraction of sp³-hybridized carbons (Fsp3) is 0.469. The van der Waals surface area contributed by atoms with Gasteiger partial charge in [-0.05, 0) is 38.9 Å². The van der Waals surface area contributed by atoms with E-state index >= 15 is 0 Å². The first-order valence-corrected chi connectivity index (χ1v) is 37.3. The molecule has 0 N–H and O–H groups in total. The maximum absolute atomic E-state index is 14.7. The normalized spacial score (nSPS) is 29.1. The molecule has 5 aromatic rings. The molecule has 9 rings (SSSR count). The van der Waals surface area contributed by atoms with Crippen LogP contribution in [0.4, 0.5) is 0 Å². The predicted octanol–water partition coefficient (Wildman–Crippen LogP) is 3.52. The van der Waals surface area contributed by atoms with Crippen molar-refractivity contribution < 1.29 is 149 Å². The lowest BCUT2D eigenvalue weighted by Crippen LogP contribution is -2.69. The van der Waals surface area contributed by atoms with Gasteiger partial charge in [0.2, 0.25) is 41.6 Å². The molecule has 107 heavy (non-hydrogen) atoms. The van der Waals surface area contributed by atoms with Gasteiger partial charge in [-0.15, -0.1) is 6.58 Å². The zero-order valence-corrected chi connectivity index (χ0v) is 59.5. The highest BCUT2D eigenvalue weighted by Crippen LogP contribution is 2.41. The minimum atomic E-state index is -6.19. The first-order chi connectivity index (χ1) is 51.2. The number of esters is 2. The van der Waals surface area contributed by atoms with Gasteiger partial charge in [0.05, 0.1) is 67.1 Å². The molecule has 0 radical (unpaired) electrons. The Bertz CT molecular complexity index is 4270. The molecule has 4 fully saturated rings. The minimum Gasteiger partial charge on any atom is -0.726 e. The SMILES string of the molecule is C=CCO[C@@H]1O[C@@H](C(=O)OC)[C@@H](O[C@H]2O[C@H](COS(=O)(=O)[O-])[C@@H](O[C@@H]3O[C@@H](C(=O)OC)[C@@H](O[C@H]4O[C@H](COS(=O)(=O)[O-])[C@@H](OCc5ccccc5)[C@H](OCc5ccccc5)[C@H]4N=[N+]=[N-])[C@H](OCc4ccccc4)[C@H]3OS(=O)(=O)[O-])[C@H](OCc3ccccc3)[C@H]2N=[N+]=[N-])[C@H](OCc2ccccc2)[C@H]1OS(=O)(=O)[O-]. The average molecular weight is 1580 g/mol. The van der Waals surface area contributed by atoms with Crippen LogP contribution in [0.25, 0.3) is 20.9 Å². The fourth-order valence-electron chi connectivity index (χ4n) is 11.8. The van der Waals surface area contributed by atoms with Crippen LogP contribution in [-0.2, 0) is 172 Å². The molecule has 0 saturated carbocycles. The van der Waals surface area contributed by atoms with Crippen LogP contribution in [0, 0.1) is 0 Å². The standard InChI is InChI=1S/C64H74N6O33S4/c1-4-30-87-63-57(102-106(79,80)81)51(91-34-41-26-16-8-17-27-41)53(55(100-63)59(71)85-2)98-62-46(68-70-66)50(90-33-40-24-14-7-15-25-40)48(44(96-62)37-94-105(76,77)78)97-64-58(103-107(82,83)84)52(92-35-42-28-18-9-19-29-42)54(56(101-64)60(72)86-3)99-61-45(67-69-65)49(89-32-39-22-12-6-13-23-39)47(43(95-61)36-93-104(73,74)75)88-31-38-20-10-5-11-21-38/h4-29,43-58,61-64H,1,30-37H2,2-3H3,(H,73,74,75)(H,76,77,78)(H,79,80,81)(H,82,83,84)/p-4/t43-,44-,45-,46-,47-,48-,49-,50-,51+,52+,53+,54+,55-,56-,57-,58-,61-,62-,63-,64-/m1/s1. The Balaban J connectivity index is 1.19. The molecular weight excluding hydrogens is 1510 g/mol. The van der Waals surface area contributed by atoms with E-state index in [-0.39, 0.29) is 18.8 Å². The van der Waals surface area contributed by atoms with Crippen LogP contribution in [0.15, 0.2) is 175 Å². The van der Waals surface area contributed by atoms with E-state index in [0.717, 1.165) is 14.2 Å². The van der Waals surface area contributed by atoms with Crippen LogP contribution in [0.3, 0.4) is 0 Å². The minimum absolute atomic E-state index is 0.269. The molecule has 0 bridgehead atoms. The number of methoxy groups -OCH3 is 2. The summed E-state index contributed by atoms with van der Waals surface area (Å²) in [6.07, 6.45) is -38.6. The second-order valence-electron chi connectivity index (χ2n) is 23.4. The molecular formula is C64H70N6O33S4-4. The van der Waals surface area contributed by atoms with Crippen LogP contribution in [-0.4, -0.2) is 221 Å². The summed E-state index contributed by atoms with van der Waals surface area (Å²) < 4.78 is 265. The molecule has 5 aromatic carbocycles. The van der Waals surface area contributed by atoms with Crippen LogP contribution >= 0.6 is 0 Å². The Kier molecular flexibility index (Phi) is 30.5. The molecule has 0 unspecified atom stereocenters. The third-order valence-corrected chi connectivity index (χ3v) is 18.1. The molecule has 43 heteroatoms. The summed E-state index contributed by atoms with van der Waals surface area (Å²) in [7, 11) is -21.8. The number of azide groups is 2. The lowest BCUT2D eigenvalue weighted by Gasteiger charge is -2.51. The smallest absolute Gasteiger partial charge is 0.337 e. The molecule has 0 amide bonds. The molecule has 39 nitrogen and oxygen atoms in total. The molecule has 582 valence electrons. The van der Waals surface area contributed by atoms with Gasteiger partial charge in [-0.1, -0.05) is 168 Å². The number of ether oxygens (including phenoxy) is 15. The van der Waals surface area contributed by atoms with E-state index in [1.165, 1.54) is 30.3 Å². The molecule has 4 heterocycles. The van der Waals surface area contributed by atoms with Crippen LogP contribution in [0.5, 0.6) is 0 Å². The summed E-state index contributed by atoms with van der Waals surface area (Å²) >= 11 is 0. The lowest BCUT2D eigenvalue weighted by molar-refractivity contribution is -0.373. The van der Waals surface area contributed by atoms with Gasteiger partial charge in [-0.3, -0.25) is 16.7 Å². The van der Waals surface area contributed by atoms with Crippen molar-refractivity contribution in [3.63, 3.8) is 0 Å². The van der Waals surface area contributed by atoms with Gasteiger partial charge in [0.25, 0.3) is 0 Å². The predicted molar refractivity (Wildman–Crippen MR) is 351 cm³/mol. The monoisotopic (exact) mass is 1580 g/mol.